The number of thiol groups is 1. The number of nitrogens with zero attached hydrogens (tertiary/aromatic N) is 2. The van der Waals surface area contributed by atoms with Crippen molar-refractivity contribution in [3.05, 3.63) is 30.4 Å². The van der Waals surface area contributed by atoms with E-state index in [2.05, 4.69) is 24.4 Å². The molecule has 3 heteroatoms. The van der Waals surface area contributed by atoms with Crippen molar-refractivity contribution in [2.45, 2.75) is 6.92 Å². The summed E-state index contributed by atoms with van der Waals surface area (Å²) >= 11 is 4.16. The normalized spacial score (nSPS) is 10.7. The van der Waals surface area contributed by atoms with E-state index in [4.69, 9.17) is 0 Å². The van der Waals surface area contributed by atoms with Crippen LogP contribution in [0.15, 0.2) is 19.0 Å². The van der Waals surface area contributed by atoms with Crippen LogP contribution in [0.4, 0.5) is 0 Å². The average molecular weight is 166 g/mol. The van der Waals surface area contributed by atoms with Crippen LogP contribution in [-0.4, -0.2) is 8.96 Å². The third-order valence-electron chi connectivity index (χ3n) is 1.33. The molecule has 0 fully saturated rings. The molecular formula is C8H10N2S. The SMILES string of the molecule is C=Cc1ncn(S)c1/C=C\C. The van der Waals surface area contributed by atoms with E-state index in [0.29, 0.717) is 0 Å². The second-order valence-corrected chi connectivity index (χ2v) is 2.49. The van der Waals surface area contributed by atoms with Gasteiger partial charge in [0.05, 0.1) is 11.4 Å². The molecule has 0 unspecified atom stereocenters. The van der Waals surface area contributed by atoms with Crippen LogP contribution in [0.25, 0.3) is 12.2 Å². The van der Waals surface area contributed by atoms with Crippen LogP contribution in [-0.2, 0) is 0 Å². The minimum Gasteiger partial charge on any atom is -0.275 e. The first-order valence-corrected chi connectivity index (χ1v) is 3.71. The molecule has 0 saturated carbocycles. The van der Waals surface area contributed by atoms with Crippen LogP contribution in [0.5, 0.6) is 0 Å². The quantitative estimate of drug-likeness (QED) is 0.667. The Morgan fingerprint density at radius 2 is 2.45 bits per heavy atom. The summed E-state index contributed by atoms with van der Waals surface area (Å²) < 4.78 is 1.66. The Morgan fingerprint density at radius 3 is 3.00 bits per heavy atom. The highest BCUT2D eigenvalue weighted by molar-refractivity contribution is 7.78. The zero-order valence-corrected chi connectivity index (χ0v) is 7.25. The number of aromatic nitrogens is 2. The molecule has 0 spiro atoms. The Hall–Kier alpha value is -0.960. The van der Waals surface area contributed by atoms with Gasteiger partial charge in [-0.15, -0.1) is 0 Å². The van der Waals surface area contributed by atoms with Gasteiger partial charge in [-0.05, 0) is 19.1 Å². The molecule has 0 aliphatic rings. The lowest BCUT2D eigenvalue weighted by atomic mass is 10.3. The molecule has 1 aromatic rings. The van der Waals surface area contributed by atoms with Gasteiger partial charge in [-0.3, -0.25) is 3.97 Å². The Balaban J connectivity index is 3.17. The summed E-state index contributed by atoms with van der Waals surface area (Å²) in [4.78, 5) is 4.07. The number of rotatable bonds is 2. The van der Waals surface area contributed by atoms with Crippen molar-refractivity contribution >= 4 is 25.0 Å². The summed E-state index contributed by atoms with van der Waals surface area (Å²) in [5, 5.41) is 0. The molecule has 2 nitrogen and oxygen atoms in total. The van der Waals surface area contributed by atoms with Gasteiger partial charge in [0, 0.05) is 0 Å². The molecule has 0 atom stereocenters. The molecule has 0 N–H and O–H groups in total. The predicted molar refractivity (Wildman–Crippen MR) is 51.4 cm³/mol. The van der Waals surface area contributed by atoms with E-state index in [1.54, 1.807) is 16.4 Å². The van der Waals surface area contributed by atoms with Gasteiger partial charge < -0.3 is 0 Å². The van der Waals surface area contributed by atoms with Gasteiger partial charge in [0.2, 0.25) is 0 Å². The van der Waals surface area contributed by atoms with E-state index in [1.165, 1.54) is 0 Å². The fourth-order valence-corrected chi connectivity index (χ4v) is 1.06. The van der Waals surface area contributed by atoms with Gasteiger partial charge in [0.1, 0.15) is 6.33 Å². The van der Waals surface area contributed by atoms with E-state index in [9.17, 15) is 0 Å². The number of allylic oxidation sites excluding steroid dienone is 1. The molecule has 0 aromatic carbocycles. The highest BCUT2D eigenvalue weighted by Crippen LogP contribution is 2.11. The van der Waals surface area contributed by atoms with Crippen LogP contribution in [0.2, 0.25) is 0 Å². The zero-order chi connectivity index (χ0) is 8.27. The van der Waals surface area contributed by atoms with Gasteiger partial charge in [-0.1, -0.05) is 25.5 Å². The predicted octanol–water partition coefficient (Wildman–Crippen LogP) is 2.25. The topological polar surface area (TPSA) is 17.8 Å². The molecule has 58 valence electrons. The van der Waals surface area contributed by atoms with Crippen LogP contribution >= 0.6 is 12.8 Å². The summed E-state index contributed by atoms with van der Waals surface area (Å²) in [7, 11) is 0. The first-order chi connectivity index (χ1) is 5.29. The minimum absolute atomic E-state index is 0.859. The van der Waals surface area contributed by atoms with E-state index in [1.807, 2.05) is 19.1 Å². The van der Waals surface area contributed by atoms with Crippen molar-refractivity contribution in [1.29, 1.82) is 0 Å². The van der Waals surface area contributed by atoms with Crippen LogP contribution in [0.3, 0.4) is 0 Å². The molecule has 0 saturated heterocycles. The minimum atomic E-state index is 0.859. The van der Waals surface area contributed by atoms with E-state index < -0.39 is 0 Å². The van der Waals surface area contributed by atoms with Gasteiger partial charge in [-0.2, -0.15) is 0 Å². The second-order valence-electron chi connectivity index (χ2n) is 2.06. The average Bonchev–Trinajstić information content (AvgIpc) is 2.34. The van der Waals surface area contributed by atoms with E-state index >= 15 is 0 Å². The van der Waals surface area contributed by atoms with Crippen molar-refractivity contribution in [2.24, 2.45) is 0 Å². The number of imidazole rings is 1. The van der Waals surface area contributed by atoms with Gasteiger partial charge in [-0.25, -0.2) is 4.98 Å². The Labute approximate surface area is 71.8 Å². The molecule has 0 bridgehead atoms. The smallest absolute Gasteiger partial charge is 0.106 e. The van der Waals surface area contributed by atoms with E-state index in [-0.39, 0.29) is 0 Å². The molecule has 0 amide bonds. The van der Waals surface area contributed by atoms with Crippen LogP contribution in [0, 0.1) is 0 Å². The summed E-state index contributed by atoms with van der Waals surface area (Å²) in [6.45, 7) is 5.60. The molecule has 1 aromatic heterocycles. The first-order valence-electron chi connectivity index (χ1n) is 3.31. The monoisotopic (exact) mass is 166 g/mol. The van der Waals surface area contributed by atoms with Crippen molar-refractivity contribution in [3.8, 4) is 0 Å². The number of hydrogen-bond acceptors (Lipinski definition) is 2. The fourth-order valence-electron chi connectivity index (χ4n) is 0.839. The summed E-state index contributed by atoms with van der Waals surface area (Å²) in [6, 6.07) is 0. The Kier molecular flexibility index (Phi) is 2.54. The lowest BCUT2D eigenvalue weighted by Gasteiger charge is -1.93. The maximum atomic E-state index is 4.16. The van der Waals surface area contributed by atoms with Gasteiger partial charge in [0.15, 0.2) is 0 Å². The van der Waals surface area contributed by atoms with Gasteiger partial charge >= 0.3 is 0 Å². The zero-order valence-electron chi connectivity index (χ0n) is 6.36. The Bertz CT molecular complexity index is 286. The van der Waals surface area contributed by atoms with Crippen molar-refractivity contribution < 1.29 is 0 Å². The van der Waals surface area contributed by atoms with Crippen LogP contribution < -0.4 is 0 Å². The van der Waals surface area contributed by atoms with E-state index in [0.717, 1.165) is 11.4 Å². The third kappa shape index (κ3) is 1.54. The molecule has 0 aliphatic carbocycles. The van der Waals surface area contributed by atoms with Crippen molar-refractivity contribution in [3.63, 3.8) is 0 Å². The van der Waals surface area contributed by atoms with Crippen molar-refractivity contribution in [2.75, 3.05) is 0 Å². The highest BCUT2D eigenvalue weighted by atomic mass is 32.1. The summed E-state index contributed by atoms with van der Waals surface area (Å²) in [5.41, 5.74) is 1.82. The lowest BCUT2D eigenvalue weighted by Crippen LogP contribution is -1.82. The Morgan fingerprint density at radius 1 is 1.73 bits per heavy atom. The second kappa shape index (κ2) is 3.44. The van der Waals surface area contributed by atoms with Crippen LogP contribution in [0.1, 0.15) is 18.3 Å². The fraction of sp³-hybridized carbons (Fsp3) is 0.125. The van der Waals surface area contributed by atoms with Gasteiger partial charge in [0.25, 0.3) is 0 Å². The van der Waals surface area contributed by atoms with Crippen molar-refractivity contribution in [1.82, 2.24) is 8.96 Å². The molecule has 11 heavy (non-hydrogen) atoms. The molecule has 0 aliphatic heterocycles. The maximum Gasteiger partial charge on any atom is 0.106 e. The largest absolute Gasteiger partial charge is 0.275 e. The molecule has 0 radical (unpaired) electrons. The number of hydrogen-bond donors (Lipinski definition) is 1. The standard InChI is InChI=1S/C8H10N2S/c1-3-5-8-7(4-2)9-6-10(8)11/h3-6,11H,2H2,1H3/b5-3-. The molecule has 1 rings (SSSR count). The summed E-state index contributed by atoms with van der Waals surface area (Å²) in [5.74, 6) is 0. The maximum absolute atomic E-state index is 4.16. The first kappa shape index (κ1) is 8.14. The third-order valence-corrected chi connectivity index (χ3v) is 1.65. The lowest BCUT2D eigenvalue weighted by molar-refractivity contribution is 1.23. The highest BCUT2D eigenvalue weighted by Gasteiger charge is 2.00. The molecular weight excluding hydrogens is 156 g/mol. The molecule has 1 heterocycles. The summed E-state index contributed by atoms with van der Waals surface area (Å²) in [6.07, 6.45) is 7.24.